The zero-order valence-corrected chi connectivity index (χ0v) is 17.4. The lowest BCUT2D eigenvalue weighted by Gasteiger charge is -2.19. The number of halogens is 2. The number of nitrogens with zero attached hydrogens (tertiary/aromatic N) is 1. The first-order chi connectivity index (χ1) is 15.0. The molecule has 1 aromatic carbocycles. The van der Waals surface area contributed by atoms with E-state index < -0.39 is 11.9 Å². The molecule has 3 heterocycles. The van der Waals surface area contributed by atoms with Gasteiger partial charge in [0.15, 0.2) is 0 Å². The molecule has 0 saturated carbocycles. The van der Waals surface area contributed by atoms with Crippen molar-refractivity contribution >= 4 is 34.3 Å². The van der Waals surface area contributed by atoms with Crippen molar-refractivity contribution in [2.45, 2.75) is 31.4 Å². The number of pyridine rings is 1. The largest absolute Gasteiger partial charge is 0.376 e. The first-order valence-electron chi connectivity index (χ1n) is 10.1. The number of nitrogens with one attached hydrogen (secondary N) is 3. The van der Waals surface area contributed by atoms with Crippen LogP contribution in [0.15, 0.2) is 42.6 Å². The minimum Gasteiger partial charge on any atom is -0.376 e. The topological polar surface area (TPSA) is 96.1 Å². The molecule has 7 nitrogen and oxygen atoms in total. The molecule has 4 rings (SSSR count). The Morgan fingerprint density at radius 1 is 1.29 bits per heavy atom. The van der Waals surface area contributed by atoms with E-state index >= 15 is 0 Å². The van der Waals surface area contributed by atoms with Crippen LogP contribution in [0.1, 0.15) is 28.9 Å². The summed E-state index contributed by atoms with van der Waals surface area (Å²) in [7, 11) is 0. The predicted molar refractivity (Wildman–Crippen MR) is 114 cm³/mol. The molecule has 3 N–H and O–H groups in total. The van der Waals surface area contributed by atoms with E-state index in [1.54, 1.807) is 30.5 Å². The Hall–Kier alpha value is -2.97. The first kappa shape index (κ1) is 21.3. The van der Waals surface area contributed by atoms with Crippen LogP contribution in [0.25, 0.3) is 10.9 Å². The van der Waals surface area contributed by atoms with Crippen LogP contribution in [0.3, 0.4) is 0 Å². The van der Waals surface area contributed by atoms with Crippen molar-refractivity contribution in [2.24, 2.45) is 0 Å². The molecule has 0 spiro atoms. The molecule has 2 atom stereocenters. The maximum absolute atomic E-state index is 13.3. The second kappa shape index (κ2) is 9.45. The van der Waals surface area contributed by atoms with E-state index in [1.165, 1.54) is 12.1 Å². The molecular formula is C22H22ClFN4O3. The molecule has 1 fully saturated rings. The van der Waals surface area contributed by atoms with Crippen molar-refractivity contribution < 1.29 is 18.7 Å². The number of hydrogen-bond acceptors (Lipinski definition) is 4. The van der Waals surface area contributed by atoms with E-state index in [4.69, 9.17) is 16.3 Å². The summed E-state index contributed by atoms with van der Waals surface area (Å²) in [5, 5.41) is 6.69. The van der Waals surface area contributed by atoms with Crippen molar-refractivity contribution in [2.75, 3.05) is 13.2 Å². The lowest BCUT2D eigenvalue weighted by Crippen LogP contribution is -2.49. The van der Waals surface area contributed by atoms with Crippen molar-refractivity contribution in [3.8, 4) is 0 Å². The van der Waals surface area contributed by atoms with Gasteiger partial charge in [-0.15, -0.1) is 0 Å². The van der Waals surface area contributed by atoms with Gasteiger partial charge in [0, 0.05) is 25.0 Å². The minimum absolute atomic E-state index is 0.0166. The third kappa shape index (κ3) is 5.39. The number of aromatic amines is 1. The number of ether oxygens (including phenoxy) is 1. The fourth-order valence-electron chi connectivity index (χ4n) is 3.57. The van der Waals surface area contributed by atoms with Gasteiger partial charge in [0.1, 0.15) is 22.7 Å². The second-order valence-corrected chi connectivity index (χ2v) is 7.90. The van der Waals surface area contributed by atoms with Crippen LogP contribution in [0.5, 0.6) is 0 Å². The van der Waals surface area contributed by atoms with Crippen LogP contribution < -0.4 is 10.6 Å². The zero-order chi connectivity index (χ0) is 21.8. The smallest absolute Gasteiger partial charge is 0.268 e. The van der Waals surface area contributed by atoms with Crippen LogP contribution in [0.2, 0.25) is 5.15 Å². The summed E-state index contributed by atoms with van der Waals surface area (Å²) in [4.78, 5) is 32.7. The number of aromatic nitrogens is 2. The van der Waals surface area contributed by atoms with Gasteiger partial charge in [-0.3, -0.25) is 9.59 Å². The van der Waals surface area contributed by atoms with E-state index in [9.17, 15) is 14.0 Å². The van der Waals surface area contributed by atoms with Gasteiger partial charge in [-0.2, -0.15) is 0 Å². The van der Waals surface area contributed by atoms with E-state index in [1.807, 2.05) is 0 Å². The summed E-state index contributed by atoms with van der Waals surface area (Å²) in [5.74, 6) is -1.13. The fraction of sp³-hybridized carbons (Fsp3) is 0.318. The Kier molecular flexibility index (Phi) is 6.48. The predicted octanol–water partition coefficient (Wildman–Crippen LogP) is 2.99. The number of amides is 2. The summed E-state index contributed by atoms with van der Waals surface area (Å²) in [6.07, 6.45) is 3.60. The SMILES string of the molecule is O=C(N[C@@H](Cc1ccc(F)cc1)C(=O)NCC1CCCO1)c1cc2cc(Cl)ncc2[nH]1. The van der Waals surface area contributed by atoms with Crippen LogP contribution >= 0.6 is 11.6 Å². The molecule has 9 heteroatoms. The Morgan fingerprint density at radius 2 is 2.10 bits per heavy atom. The van der Waals surface area contributed by atoms with Crippen molar-refractivity contribution in [3.05, 3.63) is 64.8 Å². The highest BCUT2D eigenvalue weighted by Crippen LogP contribution is 2.18. The number of carbonyl (C=O) groups is 2. The molecule has 1 unspecified atom stereocenters. The van der Waals surface area contributed by atoms with Gasteiger partial charge in [0.2, 0.25) is 5.91 Å². The Bertz CT molecular complexity index is 1080. The second-order valence-electron chi connectivity index (χ2n) is 7.51. The van der Waals surface area contributed by atoms with E-state index in [-0.39, 0.29) is 29.9 Å². The zero-order valence-electron chi connectivity index (χ0n) is 16.7. The Labute approximate surface area is 183 Å². The number of rotatable bonds is 7. The van der Waals surface area contributed by atoms with Gasteiger partial charge in [-0.1, -0.05) is 23.7 Å². The maximum Gasteiger partial charge on any atom is 0.268 e. The molecule has 0 radical (unpaired) electrons. The van der Waals surface area contributed by atoms with Crippen molar-refractivity contribution in [3.63, 3.8) is 0 Å². The lowest BCUT2D eigenvalue weighted by molar-refractivity contribution is -0.123. The van der Waals surface area contributed by atoms with E-state index in [2.05, 4.69) is 20.6 Å². The normalized spacial score (nSPS) is 16.9. The average molecular weight is 445 g/mol. The Morgan fingerprint density at radius 3 is 2.84 bits per heavy atom. The van der Waals surface area contributed by atoms with Gasteiger partial charge in [0.25, 0.3) is 5.91 Å². The number of hydrogen-bond donors (Lipinski definition) is 3. The third-order valence-electron chi connectivity index (χ3n) is 5.22. The molecule has 0 bridgehead atoms. The molecule has 31 heavy (non-hydrogen) atoms. The standard InChI is InChI=1S/C22H22ClFN4O3/c23-20-10-14-9-18(27-19(14)12-25-20)22(30)28-17(8-13-3-5-15(24)6-4-13)21(29)26-11-16-2-1-7-31-16/h3-6,9-10,12,16-17,27H,1-2,7-8,11H2,(H,26,29)(H,28,30)/t16?,17-/m0/s1. The minimum atomic E-state index is -0.840. The maximum atomic E-state index is 13.3. The lowest BCUT2D eigenvalue weighted by atomic mass is 10.0. The van der Waals surface area contributed by atoms with Crippen LogP contribution in [0, 0.1) is 5.82 Å². The van der Waals surface area contributed by atoms with Gasteiger partial charge >= 0.3 is 0 Å². The first-order valence-corrected chi connectivity index (χ1v) is 10.4. The van der Waals surface area contributed by atoms with Gasteiger partial charge < -0.3 is 20.4 Å². The van der Waals surface area contributed by atoms with Gasteiger partial charge in [-0.05, 0) is 42.7 Å². The molecule has 2 aromatic heterocycles. The van der Waals surface area contributed by atoms with Crippen LogP contribution in [-0.2, 0) is 16.0 Å². The van der Waals surface area contributed by atoms with Crippen LogP contribution in [-0.4, -0.2) is 47.1 Å². The highest BCUT2D eigenvalue weighted by Gasteiger charge is 2.24. The molecule has 3 aromatic rings. The third-order valence-corrected chi connectivity index (χ3v) is 5.43. The quantitative estimate of drug-likeness (QED) is 0.488. The molecule has 1 saturated heterocycles. The van der Waals surface area contributed by atoms with E-state index in [0.717, 1.165) is 23.8 Å². The molecule has 0 aliphatic carbocycles. The highest BCUT2D eigenvalue weighted by molar-refractivity contribution is 6.30. The molecule has 2 amide bonds. The van der Waals surface area contributed by atoms with Crippen molar-refractivity contribution in [1.29, 1.82) is 0 Å². The monoisotopic (exact) mass is 444 g/mol. The van der Waals surface area contributed by atoms with Crippen LogP contribution in [0.4, 0.5) is 4.39 Å². The van der Waals surface area contributed by atoms with Gasteiger partial charge in [0.05, 0.1) is 17.8 Å². The van der Waals surface area contributed by atoms with Gasteiger partial charge in [-0.25, -0.2) is 9.37 Å². The Balaban J connectivity index is 1.49. The summed E-state index contributed by atoms with van der Waals surface area (Å²) < 4.78 is 18.8. The average Bonchev–Trinajstić information content (AvgIpc) is 3.42. The highest BCUT2D eigenvalue weighted by atomic mass is 35.5. The number of carbonyl (C=O) groups excluding carboxylic acids is 2. The summed E-state index contributed by atoms with van der Waals surface area (Å²) in [5.41, 5.74) is 1.68. The summed E-state index contributed by atoms with van der Waals surface area (Å²) >= 11 is 5.91. The summed E-state index contributed by atoms with van der Waals surface area (Å²) in [6, 6.07) is 8.30. The molecular weight excluding hydrogens is 423 g/mol. The summed E-state index contributed by atoms with van der Waals surface area (Å²) in [6.45, 7) is 1.07. The molecule has 162 valence electrons. The fourth-order valence-corrected chi connectivity index (χ4v) is 3.74. The molecule has 1 aliphatic rings. The molecule has 1 aliphatic heterocycles. The van der Waals surface area contributed by atoms with Crippen molar-refractivity contribution in [1.82, 2.24) is 20.6 Å². The number of benzene rings is 1. The number of fused-ring (bicyclic) bond motifs is 1. The number of H-pyrrole nitrogens is 1. The van der Waals surface area contributed by atoms with E-state index in [0.29, 0.717) is 23.8 Å².